The van der Waals surface area contributed by atoms with Crippen LogP contribution in [0.3, 0.4) is 0 Å². The fourth-order valence-corrected chi connectivity index (χ4v) is 4.28. The maximum absolute atomic E-state index is 13.3. The summed E-state index contributed by atoms with van der Waals surface area (Å²) in [5.41, 5.74) is 0.788. The summed E-state index contributed by atoms with van der Waals surface area (Å²) in [6.07, 6.45) is -0.853. The normalized spacial score (nSPS) is 18.2. The van der Waals surface area contributed by atoms with Crippen LogP contribution in [0, 0.1) is 17.1 Å². The molecule has 1 aromatic carbocycles. The molecule has 1 aliphatic rings. The number of ether oxygens (including phenoxy) is 3. The van der Waals surface area contributed by atoms with Gasteiger partial charge >= 0.3 is 0 Å². The minimum Gasteiger partial charge on any atom is -0.374 e. The van der Waals surface area contributed by atoms with E-state index in [1.807, 2.05) is 6.07 Å². The van der Waals surface area contributed by atoms with Gasteiger partial charge in [0.2, 0.25) is 5.82 Å². The molecule has 0 bridgehead atoms. The van der Waals surface area contributed by atoms with Crippen LogP contribution < -0.4 is 10.9 Å². The lowest BCUT2D eigenvalue weighted by molar-refractivity contribution is -0.137. The first-order valence-electron chi connectivity index (χ1n) is 9.87. The highest BCUT2D eigenvalue weighted by atomic mass is 35.5. The van der Waals surface area contributed by atoms with E-state index in [1.165, 1.54) is 29.5 Å². The number of thiophene rings is 1. The summed E-state index contributed by atoms with van der Waals surface area (Å²) in [6.45, 7) is 0.936. The van der Waals surface area contributed by atoms with Crippen molar-refractivity contribution in [1.82, 2.24) is 15.3 Å². The number of fused-ring (bicyclic) bond motifs is 1. The summed E-state index contributed by atoms with van der Waals surface area (Å²) in [4.78, 5) is 32.2. The first kappa shape index (κ1) is 23.3. The van der Waals surface area contributed by atoms with Crippen molar-refractivity contribution in [3.63, 3.8) is 0 Å². The molecule has 1 amide bonds. The Kier molecular flexibility index (Phi) is 7.32. The van der Waals surface area contributed by atoms with E-state index in [0.29, 0.717) is 21.3 Å². The Morgan fingerprint density at radius 3 is 3.00 bits per heavy atom. The number of H-pyrrole nitrogens is 1. The zero-order valence-electron chi connectivity index (χ0n) is 17.1. The molecule has 4 rings (SSSR count). The van der Waals surface area contributed by atoms with E-state index < -0.39 is 23.4 Å². The molecule has 12 heteroatoms. The number of nitrogens with one attached hydrogen (secondary N) is 2. The van der Waals surface area contributed by atoms with Gasteiger partial charge in [0.1, 0.15) is 16.8 Å². The standard InChI is InChI=1S/C21H18ClFN4O5S/c22-15-3-11(1-2-16(15)23)5-25-20(29)18-26-19(28)17-12(10-33-21(17)27-18)6-30-7-14-9-31-13(4-24)8-32-14/h1-3,10,13-14H,5-9H2,(H,25,29)(H,26,27,28). The van der Waals surface area contributed by atoms with Gasteiger partial charge in [0.05, 0.1) is 42.9 Å². The van der Waals surface area contributed by atoms with Crippen molar-refractivity contribution < 1.29 is 23.4 Å². The second kappa shape index (κ2) is 10.4. The molecule has 1 fully saturated rings. The summed E-state index contributed by atoms with van der Waals surface area (Å²) >= 11 is 6.97. The van der Waals surface area contributed by atoms with Crippen LogP contribution in [0.5, 0.6) is 0 Å². The molecule has 2 unspecified atom stereocenters. The van der Waals surface area contributed by atoms with Crippen LogP contribution in [0.1, 0.15) is 21.7 Å². The van der Waals surface area contributed by atoms with Crippen molar-refractivity contribution in [1.29, 1.82) is 5.26 Å². The van der Waals surface area contributed by atoms with Crippen molar-refractivity contribution >= 4 is 39.1 Å². The highest BCUT2D eigenvalue weighted by Gasteiger charge is 2.22. The Morgan fingerprint density at radius 1 is 1.42 bits per heavy atom. The van der Waals surface area contributed by atoms with Gasteiger partial charge in [-0.25, -0.2) is 9.37 Å². The van der Waals surface area contributed by atoms with Gasteiger partial charge in [0.15, 0.2) is 6.10 Å². The van der Waals surface area contributed by atoms with E-state index in [1.54, 1.807) is 5.38 Å². The second-order valence-electron chi connectivity index (χ2n) is 7.21. The molecule has 2 N–H and O–H groups in total. The van der Waals surface area contributed by atoms with Crippen LogP contribution in [0.25, 0.3) is 10.2 Å². The van der Waals surface area contributed by atoms with Gasteiger partial charge in [0.25, 0.3) is 11.5 Å². The van der Waals surface area contributed by atoms with Gasteiger partial charge < -0.3 is 24.5 Å². The number of aromatic nitrogens is 2. The third-order valence-electron chi connectivity index (χ3n) is 4.84. The van der Waals surface area contributed by atoms with Crippen LogP contribution in [0.15, 0.2) is 28.4 Å². The van der Waals surface area contributed by atoms with E-state index in [4.69, 9.17) is 31.1 Å². The monoisotopic (exact) mass is 492 g/mol. The molecular formula is C21H18ClFN4O5S. The minimum absolute atomic E-state index is 0.0445. The lowest BCUT2D eigenvalue weighted by Crippen LogP contribution is -2.37. The predicted molar refractivity (Wildman–Crippen MR) is 118 cm³/mol. The van der Waals surface area contributed by atoms with E-state index in [2.05, 4.69) is 15.3 Å². The maximum Gasteiger partial charge on any atom is 0.287 e. The molecule has 0 radical (unpaired) electrons. The van der Waals surface area contributed by atoms with Crippen LogP contribution in [0.4, 0.5) is 4.39 Å². The Bertz CT molecular complexity index is 1270. The topological polar surface area (TPSA) is 126 Å². The van der Waals surface area contributed by atoms with Gasteiger partial charge in [-0.2, -0.15) is 5.26 Å². The summed E-state index contributed by atoms with van der Waals surface area (Å²) in [7, 11) is 0. The molecule has 1 aliphatic heterocycles. The maximum atomic E-state index is 13.3. The number of benzene rings is 1. The molecule has 172 valence electrons. The van der Waals surface area contributed by atoms with Crippen LogP contribution >= 0.6 is 22.9 Å². The van der Waals surface area contributed by atoms with Gasteiger partial charge in [-0.3, -0.25) is 9.59 Å². The Balaban J connectivity index is 1.37. The third kappa shape index (κ3) is 5.55. The van der Waals surface area contributed by atoms with Crippen molar-refractivity contribution in [3.8, 4) is 6.07 Å². The van der Waals surface area contributed by atoms with E-state index >= 15 is 0 Å². The minimum atomic E-state index is -0.578. The van der Waals surface area contributed by atoms with Crippen LogP contribution in [-0.4, -0.2) is 47.9 Å². The van der Waals surface area contributed by atoms with Crippen molar-refractivity contribution in [3.05, 3.63) is 61.7 Å². The molecule has 1 saturated heterocycles. The highest BCUT2D eigenvalue weighted by Crippen LogP contribution is 2.22. The van der Waals surface area contributed by atoms with Crippen LogP contribution in [0.2, 0.25) is 5.02 Å². The Hall–Kier alpha value is -2.88. The van der Waals surface area contributed by atoms with E-state index in [0.717, 1.165) is 0 Å². The molecular weight excluding hydrogens is 475 g/mol. The molecule has 9 nitrogen and oxygen atoms in total. The molecule has 0 saturated carbocycles. The Morgan fingerprint density at radius 2 is 2.27 bits per heavy atom. The van der Waals surface area contributed by atoms with Gasteiger partial charge in [-0.05, 0) is 23.1 Å². The number of nitriles is 1. The summed E-state index contributed by atoms with van der Waals surface area (Å²) in [6, 6.07) is 6.10. The number of halogens is 2. The molecule has 3 aromatic rings. The number of carbonyl (C=O) groups excluding carboxylic acids is 1. The highest BCUT2D eigenvalue weighted by molar-refractivity contribution is 7.16. The average molecular weight is 493 g/mol. The summed E-state index contributed by atoms with van der Waals surface area (Å²) < 4.78 is 29.7. The number of nitrogens with zero attached hydrogens (tertiary/aromatic N) is 2. The molecule has 33 heavy (non-hydrogen) atoms. The molecule has 0 aliphatic carbocycles. The Labute approximate surface area is 196 Å². The van der Waals surface area contributed by atoms with Gasteiger partial charge in [0, 0.05) is 12.1 Å². The fraction of sp³-hybridized carbons (Fsp3) is 0.333. The number of rotatable bonds is 7. The molecule has 2 aromatic heterocycles. The lowest BCUT2D eigenvalue weighted by atomic mass is 10.2. The number of carbonyl (C=O) groups is 1. The van der Waals surface area contributed by atoms with E-state index in [-0.39, 0.29) is 49.9 Å². The summed E-state index contributed by atoms with van der Waals surface area (Å²) in [5.74, 6) is -1.26. The van der Waals surface area contributed by atoms with E-state index in [9.17, 15) is 14.0 Å². The zero-order chi connectivity index (χ0) is 23.4. The lowest BCUT2D eigenvalue weighted by Gasteiger charge is -2.25. The van der Waals surface area contributed by atoms with Gasteiger partial charge in [-0.1, -0.05) is 17.7 Å². The molecule has 0 spiro atoms. The quantitative estimate of drug-likeness (QED) is 0.519. The molecule has 2 atom stereocenters. The fourth-order valence-electron chi connectivity index (χ4n) is 3.15. The second-order valence-corrected chi connectivity index (χ2v) is 8.47. The SMILES string of the molecule is N#CC1COC(COCc2csc3nc(C(=O)NCc4ccc(F)c(Cl)c4)[nH]c(=O)c23)CO1. The van der Waals surface area contributed by atoms with Crippen molar-refractivity contribution in [2.45, 2.75) is 25.4 Å². The number of aromatic amines is 1. The average Bonchev–Trinajstić information content (AvgIpc) is 3.23. The van der Waals surface area contributed by atoms with Crippen molar-refractivity contribution in [2.75, 3.05) is 19.8 Å². The predicted octanol–water partition coefficient (Wildman–Crippen LogP) is 2.53. The molecule has 3 heterocycles. The van der Waals surface area contributed by atoms with Crippen molar-refractivity contribution in [2.24, 2.45) is 0 Å². The summed E-state index contributed by atoms with van der Waals surface area (Å²) in [5, 5.41) is 13.5. The first-order chi connectivity index (χ1) is 15.9. The van der Waals surface area contributed by atoms with Crippen LogP contribution in [-0.2, 0) is 27.4 Å². The number of hydrogen-bond donors (Lipinski definition) is 2. The first-order valence-corrected chi connectivity index (χ1v) is 11.1. The number of amides is 1. The third-order valence-corrected chi connectivity index (χ3v) is 6.05. The smallest absolute Gasteiger partial charge is 0.287 e. The largest absolute Gasteiger partial charge is 0.374 e. The van der Waals surface area contributed by atoms with Gasteiger partial charge in [-0.15, -0.1) is 11.3 Å². The zero-order valence-corrected chi connectivity index (χ0v) is 18.7. The number of hydrogen-bond acceptors (Lipinski definition) is 8.